The van der Waals surface area contributed by atoms with Gasteiger partial charge in [-0.15, -0.1) is 0 Å². The van der Waals surface area contributed by atoms with Crippen LogP contribution in [0.1, 0.15) is 36.5 Å². The summed E-state index contributed by atoms with van der Waals surface area (Å²) in [5, 5.41) is 0. The minimum absolute atomic E-state index is 0.553. The molecule has 1 atom stereocenters. The van der Waals surface area contributed by atoms with E-state index >= 15 is 0 Å². The molecule has 0 heteroatoms. The lowest BCUT2D eigenvalue weighted by Gasteiger charge is -2.07. The van der Waals surface area contributed by atoms with Gasteiger partial charge in [0.25, 0.3) is 0 Å². The third-order valence-electron chi connectivity index (χ3n) is 3.71. The van der Waals surface area contributed by atoms with Gasteiger partial charge in [-0.1, -0.05) is 56.3 Å². The number of hydrogen-bond donors (Lipinski definition) is 0. The average molecular weight is 208 g/mol. The van der Waals surface area contributed by atoms with Crippen LogP contribution >= 0.6 is 0 Å². The molecule has 0 radical (unpaired) electrons. The van der Waals surface area contributed by atoms with E-state index in [1.807, 2.05) is 0 Å². The van der Waals surface area contributed by atoms with Gasteiger partial charge >= 0.3 is 0 Å². The van der Waals surface area contributed by atoms with E-state index < -0.39 is 0 Å². The van der Waals surface area contributed by atoms with E-state index in [0.717, 1.165) is 6.42 Å². The summed E-state index contributed by atoms with van der Waals surface area (Å²) < 4.78 is 0. The second kappa shape index (κ2) is 3.48. The zero-order valence-electron chi connectivity index (χ0n) is 9.83. The quantitative estimate of drug-likeness (QED) is 0.652. The van der Waals surface area contributed by atoms with Crippen LogP contribution in [-0.2, 0) is 6.42 Å². The fourth-order valence-corrected chi connectivity index (χ4v) is 2.72. The highest BCUT2D eigenvalue weighted by Gasteiger charge is 2.24. The van der Waals surface area contributed by atoms with Crippen molar-refractivity contribution in [3.8, 4) is 11.1 Å². The van der Waals surface area contributed by atoms with Crippen molar-refractivity contribution in [3.05, 3.63) is 59.2 Å². The Morgan fingerprint density at radius 1 is 0.938 bits per heavy atom. The van der Waals surface area contributed by atoms with Gasteiger partial charge in [0.2, 0.25) is 0 Å². The molecule has 0 heterocycles. The summed E-state index contributed by atoms with van der Waals surface area (Å²) in [6.07, 6.45) is 1.12. The van der Waals surface area contributed by atoms with Crippen molar-refractivity contribution >= 4 is 0 Å². The second-order valence-corrected chi connectivity index (χ2v) is 4.58. The Morgan fingerprint density at radius 2 is 1.69 bits per heavy atom. The molecule has 0 saturated heterocycles. The summed E-state index contributed by atoms with van der Waals surface area (Å²) >= 11 is 0. The molecule has 0 amide bonds. The lowest BCUT2D eigenvalue weighted by atomic mass is 9.97. The first-order chi connectivity index (χ1) is 7.81. The molecule has 0 aromatic heterocycles. The molecule has 0 unspecified atom stereocenters. The van der Waals surface area contributed by atoms with Crippen molar-refractivity contribution in [1.82, 2.24) is 0 Å². The molecular formula is C16H16. The van der Waals surface area contributed by atoms with Gasteiger partial charge < -0.3 is 0 Å². The van der Waals surface area contributed by atoms with Crippen LogP contribution in [0.15, 0.2) is 42.5 Å². The molecule has 3 rings (SSSR count). The summed E-state index contributed by atoms with van der Waals surface area (Å²) in [6.45, 7) is 4.53. The van der Waals surface area contributed by atoms with Gasteiger partial charge in [-0.05, 0) is 34.2 Å². The largest absolute Gasteiger partial charge is 0.0619 e. The van der Waals surface area contributed by atoms with E-state index in [4.69, 9.17) is 0 Å². The van der Waals surface area contributed by atoms with Gasteiger partial charge in [-0.2, -0.15) is 0 Å². The van der Waals surface area contributed by atoms with Gasteiger partial charge in [0.05, 0.1) is 0 Å². The van der Waals surface area contributed by atoms with E-state index in [1.54, 1.807) is 0 Å². The van der Waals surface area contributed by atoms with Gasteiger partial charge in [0.15, 0.2) is 0 Å². The molecule has 2 aromatic rings. The first-order valence-electron chi connectivity index (χ1n) is 6.03. The van der Waals surface area contributed by atoms with Crippen molar-refractivity contribution in [3.63, 3.8) is 0 Å². The first-order valence-corrected chi connectivity index (χ1v) is 6.03. The third kappa shape index (κ3) is 1.23. The molecule has 80 valence electrons. The predicted octanol–water partition coefficient (Wildman–Crippen LogP) is 4.38. The Balaban J connectivity index is 2.24. The SMILES string of the molecule is CCc1ccc2c(c1)[C@H](C)c1ccccc1-2. The molecule has 0 saturated carbocycles. The molecular weight excluding hydrogens is 192 g/mol. The molecule has 0 spiro atoms. The van der Waals surface area contributed by atoms with Crippen LogP contribution in [0.2, 0.25) is 0 Å². The fourth-order valence-electron chi connectivity index (χ4n) is 2.72. The molecule has 0 N–H and O–H groups in total. The second-order valence-electron chi connectivity index (χ2n) is 4.58. The highest BCUT2D eigenvalue weighted by Crippen LogP contribution is 2.44. The standard InChI is InChI=1S/C16H16/c1-3-12-8-9-15-14-7-5-4-6-13(14)11(2)16(15)10-12/h4-11H,3H2,1-2H3/t11-/m1/s1. The molecule has 0 fully saturated rings. The summed E-state index contributed by atoms with van der Waals surface area (Å²) in [7, 11) is 0. The molecule has 16 heavy (non-hydrogen) atoms. The lowest BCUT2D eigenvalue weighted by Crippen LogP contribution is -1.90. The summed E-state index contributed by atoms with van der Waals surface area (Å²) in [5.74, 6) is 0.553. The monoisotopic (exact) mass is 208 g/mol. The number of rotatable bonds is 1. The Morgan fingerprint density at radius 3 is 2.50 bits per heavy atom. The summed E-state index contributed by atoms with van der Waals surface area (Å²) in [6, 6.07) is 15.7. The summed E-state index contributed by atoms with van der Waals surface area (Å²) in [4.78, 5) is 0. The minimum atomic E-state index is 0.553. The van der Waals surface area contributed by atoms with Crippen LogP contribution in [-0.4, -0.2) is 0 Å². The van der Waals surface area contributed by atoms with Crippen molar-refractivity contribution in [2.75, 3.05) is 0 Å². The molecule has 1 aliphatic rings. The molecule has 0 nitrogen and oxygen atoms in total. The van der Waals surface area contributed by atoms with E-state index in [0.29, 0.717) is 5.92 Å². The third-order valence-corrected chi connectivity index (χ3v) is 3.71. The van der Waals surface area contributed by atoms with Crippen molar-refractivity contribution in [1.29, 1.82) is 0 Å². The van der Waals surface area contributed by atoms with Gasteiger partial charge in [0, 0.05) is 5.92 Å². The average Bonchev–Trinajstić information content (AvgIpc) is 2.64. The number of aryl methyl sites for hydroxylation is 1. The molecule has 0 aliphatic heterocycles. The van der Waals surface area contributed by atoms with E-state index in [1.165, 1.54) is 27.8 Å². The Kier molecular flexibility index (Phi) is 2.10. The minimum Gasteiger partial charge on any atom is -0.0619 e. The van der Waals surface area contributed by atoms with Crippen LogP contribution < -0.4 is 0 Å². The smallest absolute Gasteiger partial charge is 0.00734 e. The number of fused-ring (bicyclic) bond motifs is 3. The Bertz CT molecular complexity index is 537. The van der Waals surface area contributed by atoms with Crippen molar-refractivity contribution in [2.24, 2.45) is 0 Å². The van der Waals surface area contributed by atoms with E-state index in [9.17, 15) is 0 Å². The maximum atomic E-state index is 2.38. The lowest BCUT2D eigenvalue weighted by molar-refractivity contribution is 0.950. The molecule has 1 aliphatic carbocycles. The normalized spacial score (nSPS) is 17.0. The topological polar surface area (TPSA) is 0 Å². The maximum absolute atomic E-state index is 2.38. The fraction of sp³-hybridized carbons (Fsp3) is 0.250. The van der Waals surface area contributed by atoms with Gasteiger partial charge in [-0.3, -0.25) is 0 Å². The number of hydrogen-bond acceptors (Lipinski definition) is 0. The van der Waals surface area contributed by atoms with Crippen LogP contribution in [0, 0.1) is 0 Å². The Hall–Kier alpha value is -1.56. The predicted molar refractivity (Wildman–Crippen MR) is 68.8 cm³/mol. The first kappa shape index (κ1) is 9.65. The van der Waals surface area contributed by atoms with Gasteiger partial charge in [-0.25, -0.2) is 0 Å². The highest BCUT2D eigenvalue weighted by molar-refractivity contribution is 5.78. The molecule has 2 aromatic carbocycles. The van der Waals surface area contributed by atoms with Crippen molar-refractivity contribution in [2.45, 2.75) is 26.2 Å². The van der Waals surface area contributed by atoms with Crippen molar-refractivity contribution < 1.29 is 0 Å². The van der Waals surface area contributed by atoms with E-state index in [2.05, 4.69) is 56.3 Å². The number of benzene rings is 2. The zero-order valence-corrected chi connectivity index (χ0v) is 9.83. The molecule has 0 bridgehead atoms. The maximum Gasteiger partial charge on any atom is 0.00734 e. The van der Waals surface area contributed by atoms with Crippen LogP contribution in [0.5, 0.6) is 0 Å². The van der Waals surface area contributed by atoms with Crippen LogP contribution in [0.4, 0.5) is 0 Å². The highest BCUT2D eigenvalue weighted by atomic mass is 14.3. The zero-order chi connectivity index (χ0) is 11.1. The van der Waals surface area contributed by atoms with E-state index in [-0.39, 0.29) is 0 Å². The Labute approximate surface area is 96.9 Å². The van der Waals surface area contributed by atoms with Gasteiger partial charge in [0.1, 0.15) is 0 Å². The van der Waals surface area contributed by atoms with Crippen LogP contribution in [0.25, 0.3) is 11.1 Å². The van der Waals surface area contributed by atoms with Crippen LogP contribution in [0.3, 0.4) is 0 Å². The summed E-state index contributed by atoms with van der Waals surface area (Å²) in [5.41, 5.74) is 7.28.